The van der Waals surface area contributed by atoms with Gasteiger partial charge in [-0.1, -0.05) is 0 Å². The largest absolute Gasteiger partial charge is 0.481 e. The summed E-state index contributed by atoms with van der Waals surface area (Å²) in [5.74, 6) is -1.04. The Labute approximate surface area is 112 Å². The molecule has 0 saturated carbocycles. The minimum Gasteiger partial charge on any atom is -0.481 e. The molecule has 5 nitrogen and oxygen atoms in total. The third-order valence-corrected chi connectivity index (χ3v) is 3.12. The summed E-state index contributed by atoms with van der Waals surface area (Å²) >= 11 is 0. The molecule has 1 aliphatic rings. The molecule has 0 aromatic rings. The van der Waals surface area contributed by atoms with Gasteiger partial charge in [0.15, 0.2) is 0 Å². The summed E-state index contributed by atoms with van der Waals surface area (Å²) in [5, 5.41) is 8.87. The minimum atomic E-state index is -1.04. The monoisotopic (exact) mass is 275 g/mol. The van der Waals surface area contributed by atoms with Gasteiger partial charge in [-0.15, -0.1) is 0 Å². The second-order valence-corrected chi connectivity index (χ2v) is 6.21. The lowest BCUT2D eigenvalue weighted by molar-refractivity contribution is -0.141. The molecule has 1 atom stereocenters. The molecular weight excluding hydrogens is 253 g/mol. The van der Waals surface area contributed by atoms with Gasteiger partial charge in [-0.05, 0) is 33.6 Å². The zero-order chi connectivity index (χ0) is 14.7. The molecule has 0 bridgehead atoms. The number of amides is 1. The lowest BCUT2D eigenvalue weighted by atomic mass is 9.78. The fourth-order valence-electron chi connectivity index (χ4n) is 2.31. The van der Waals surface area contributed by atoms with E-state index in [0.29, 0.717) is 19.4 Å². The normalized spacial score (nSPS) is 24.1. The maximum atomic E-state index is 13.2. The minimum absolute atomic E-state index is 0.102. The molecule has 1 heterocycles. The molecule has 1 amide bonds. The summed E-state index contributed by atoms with van der Waals surface area (Å²) in [5.41, 5.74) is -1.58. The molecule has 1 rings (SSSR count). The molecular formula is C13H22FNO4. The predicted octanol–water partition coefficient (Wildman–Crippen LogP) is 2.45. The van der Waals surface area contributed by atoms with E-state index >= 15 is 0 Å². The lowest BCUT2D eigenvalue weighted by Crippen LogP contribution is -2.49. The molecule has 0 aliphatic carbocycles. The van der Waals surface area contributed by atoms with Gasteiger partial charge < -0.3 is 14.7 Å². The van der Waals surface area contributed by atoms with E-state index in [1.54, 1.807) is 20.8 Å². The summed E-state index contributed by atoms with van der Waals surface area (Å²) < 4.78 is 18.5. The Kier molecular flexibility index (Phi) is 4.76. The van der Waals surface area contributed by atoms with E-state index in [0.717, 1.165) is 0 Å². The van der Waals surface area contributed by atoms with Crippen molar-refractivity contribution in [2.45, 2.75) is 45.6 Å². The van der Waals surface area contributed by atoms with Gasteiger partial charge in [0.1, 0.15) is 5.60 Å². The number of halogens is 1. The van der Waals surface area contributed by atoms with Gasteiger partial charge in [-0.25, -0.2) is 4.79 Å². The maximum absolute atomic E-state index is 13.2. The fourth-order valence-corrected chi connectivity index (χ4v) is 2.31. The summed E-state index contributed by atoms with van der Waals surface area (Å²) in [6.45, 7) is 5.12. The molecule has 0 radical (unpaired) electrons. The highest BCUT2D eigenvalue weighted by Gasteiger charge is 2.40. The SMILES string of the molecule is CC(C)(C)OC(=O)N1CCCC(CF)(CC(=O)O)C1. The Morgan fingerprint density at radius 3 is 2.53 bits per heavy atom. The molecule has 0 spiro atoms. The van der Waals surface area contributed by atoms with Gasteiger partial charge in [-0.2, -0.15) is 0 Å². The first kappa shape index (κ1) is 15.7. The van der Waals surface area contributed by atoms with E-state index < -0.39 is 29.8 Å². The predicted molar refractivity (Wildman–Crippen MR) is 67.7 cm³/mol. The van der Waals surface area contributed by atoms with Crippen LogP contribution in [-0.4, -0.2) is 47.4 Å². The number of hydrogen-bond acceptors (Lipinski definition) is 3. The molecule has 1 aliphatic heterocycles. The fraction of sp³-hybridized carbons (Fsp3) is 0.846. The lowest BCUT2D eigenvalue weighted by Gasteiger charge is -2.40. The number of ether oxygens (including phenoxy) is 1. The number of carboxylic acid groups (broad SMARTS) is 1. The smallest absolute Gasteiger partial charge is 0.410 e. The van der Waals surface area contributed by atoms with E-state index in [1.807, 2.05) is 0 Å². The van der Waals surface area contributed by atoms with Crippen molar-refractivity contribution in [3.8, 4) is 0 Å². The summed E-state index contributed by atoms with van der Waals surface area (Å²) in [4.78, 5) is 24.2. The highest BCUT2D eigenvalue weighted by molar-refractivity contribution is 5.70. The van der Waals surface area contributed by atoms with Gasteiger partial charge in [-0.3, -0.25) is 9.18 Å². The Hall–Kier alpha value is -1.33. The second kappa shape index (κ2) is 5.75. The quantitative estimate of drug-likeness (QED) is 0.859. The number of hydrogen-bond donors (Lipinski definition) is 1. The van der Waals surface area contributed by atoms with Crippen molar-refractivity contribution >= 4 is 12.1 Å². The highest BCUT2D eigenvalue weighted by atomic mass is 19.1. The van der Waals surface area contributed by atoms with Crippen molar-refractivity contribution < 1.29 is 23.8 Å². The van der Waals surface area contributed by atoms with Crippen LogP contribution in [0.1, 0.15) is 40.0 Å². The van der Waals surface area contributed by atoms with E-state index in [1.165, 1.54) is 4.90 Å². The van der Waals surface area contributed by atoms with Crippen LogP contribution in [0.25, 0.3) is 0 Å². The third kappa shape index (κ3) is 4.69. The molecule has 1 unspecified atom stereocenters. The average Bonchev–Trinajstić information content (AvgIpc) is 2.26. The van der Waals surface area contributed by atoms with E-state index in [-0.39, 0.29) is 13.0 Å². The van der Waals surface area contributed by atoms with Crippen LogP contribution in [0, 0.1) is 5.41 Å². The molecule has 110 valence electrons. The van der Waals surface area contributed by atoms with Crippen LogP contribution in [0.15, 0.2) is 0 Å². The van der Waals surface area contributed by atoms with Gasteiger partial charge in [0.25, 0.3) is 0 Å². The molecule has 1 N–H and O–H groups in total. The first-order valence-electron chi connectivity index (χ1n) is 6.43. The Morgan fingerprint density at radius 1 is 1.42 bits per heavy atom. The van der Waals surface area contributed by atoms with Crippen molar-refractivity contribution in [1.29, 1.82) is 0 Å². The third-order valence-electron chi connectivity index (χ3n) is 3.12. The first-order valence-corrected chi connectivity index (χ1v) is 6.43. The summed E-state index contributed by atoms with van der Waals surface area (Å²) in [7, 11) is 0. The number of piperidine rings is 1. The van der Waals surface area contributed by atoms with Crippen LogP contribution in [0.5, 0.6) is 0 Å². The number of nitrogens with zero attached hydrogens (tertiary/aromatic N) is 1. The van der Waals surface area contributed by atoms with Crippen LogP contribution < -0.4 is 0 Å². The second-order valence-electron chi connectivity index (χ2n) is 6.21. The number of rotatable bonds is 3. The maximum Gasteiger partial charge on any atom is 0.410 e. The topological polar surface area (TPSA) is 66.8 Å². The van der Waals surface area contributed by atoms with Crippen LogP contribution in [-0.2, 0) is 9.53 Å². The molecule has 0 aromatic carbocycles. The van der Waals surface area contributed by atoms with E-state index in [9.17, 15) is 14.0 Å². The number of aliphatic carboxylic acids is 1. The van der Waals surface area contributed by atoms with Crippen molar-refractivity contribution in [2.75, 3.05) is 19.8 Å². The van der Waals surface area contributed by atoms with Crippen LogP contribution in [0.2, 0.25) is 0 Å². The van der Waals surface area contributed by atoms with E-state index in [4.69, 9.17) is 9.84 Å². The molecule has 0 aromatic heterocycles. The van der Waals surface area contributed by atoms with Gasteiger partial charge in [0.05, 0.1) is 13.1 Å². The highest BCUT2D eigenvalue weighted by Crippen LogP contribution is 2.34. The number of likely N-dealkylation sites (tertiary alicyclic amines) is 1. The zero-order valence-electron chi connectivity index (χ0n) is 11.7. The molecule has 1 fully saturated rings. The van der Waals surface area contributed by atoms with Gasteiger partial charge in [0, 0.05) is 18.5 Å². The van der Waals surface area contributed by atoms with Gasteiger partial charge >= 0.3 is 12.1 Å². The van der Waals surface area contributed by atoms with Crippen LogP contribution in [0.4, 0.5) is 9.18 Å². The summed E-state index contributed by atoms with van der Waals surface area (Å²) in [6.07, 6.45) is 0.310. The summed E-state index contributed by atoms with van der Waals surface area (Å²) in [6, 6.07) is 0. The standard InChI is InChI=1S/C13H22FNO4/c1-12(2,3)19-11(18)15-6-4-5-13(8-14,9-15)7-10(16)17/h4-9H2,1-3H3,(H,16,17). The zero-order valence-corrected chi connectivity index (χ0v) is 11.7. The van der Waals surface area contributed by atoms with E-state index in [2.05, 4.69) is 0 Å². The number of carbonyl (C=O) groups excluding carboxylic acids is 1. The van der Waals surface area contributed by atoms with Crippen molar-refractivity contribution in [3.63, 3.8) is 0 Å². The first-order chi connectivity index (χ1) is 8.67. The Morgan fingerprint density at radius 2 is 2.05 bits per heavy atom. The van der Waals surface area contributed by atoms with Crippen molar-refractivity contribution in [2.24, 2.45) is 5.41 Å². The van der Waals surface area contributed by atoms with Crippen LogP contribution in [0.3, 0.4) is 0 Å². The van der Waals surface area contributed by atoms with Crippen molar-refractivity contribution in [3.05, 3.63) is 0 Å². The Balaban J connectivity index is 2.72. The number of carboxylic acids is 1. The molecule has 1 saturated heterocycles. The van der Waals surface area contributed by atoms with Gasteiger partial charge in [0.2, 0.25) is 0 Å². The Bertz CT molecular complexity index is 353. The van der Waals surface area contributed by atoms with Crippen molar-refractivity contribution in [1.82, 2.24) is 4.90 Å². The number of carbonyl (C=O) groups is 2. The molecule has 6 heteroatoms. The molecule has 19 heavy (non-hydrogen) atoms. The van der Waals surface area contributed by atoms with Crippen LogP contribution >= 0.6 is 0 Å². The number of alkyl halides is 1. The average molecular weight is 275 g/mol.